The Morgan fingerprint density at radius 1 is 1.04 bits per heavy atom. The molecule has 1 saturated heterocycles. The maximum Gasteiger partial charge on any atom is 0.348 e. The molecule has 1 fully saturated rings. The number of alkyl halides is 1. The Labute approximate surface area is 154 Å². The van der Waals surface area contributed by atoms with Gasteiger partial charge in [0, 0.05) is 5.56 Å². The molecule has 140 valence electrons. The standard InChI is InChI=1S/C20H17FO6/c1-20(21)16(27-17(22)12-8-4-3-5-9-12)15(26-19(20)24)13-10-6-7-11-14(13)18(23)25-2/h3-11,15-16H,1-2H3/t15-,16-,20+/m1/s1. The van der Waals surface area contributed by atoms with Crippen LogP contribution in [0, 0.1) is 0 Å². The van der Waals surface area contributed by atoms with E-state index >= 15 is 4.39 Å². The molecule has 2 aromatic rings. The molecule has 1 heterocycles. The van der Waals surface area contributed by atoms with E-state index in [0.717, 1.165) is 6.92 Å². The summed E-state index contributed by atoms with van der Waals surface area (Å²) in [6, 6.07) is 14.1. The van der Waals surface area contributed by atoms with E-state index in [4.69, 9.17) is 14.2 Å². The zero-order valence-electron chi connectivity index (χ0n) is 14.7. The number of esters is 3. The Morgan fingerprint density at radius 3 is 2.33 bits per heavy atom. The van der Waals surface area contributed by atoms with E-state index in [1.807, 2.05) is 0 Å². The van der Waals surface area contributed by atoms with Gasteiger partial charge < -0.3 is 14.2 Å². The number of hydrogen-bond donors (Lipinski definition) is 0. The number of halogens is 1. The molecule has 0 aliphatic carbocycles. The third-order valence-electron chi connectivity index (χ3n) is 4.36. The van der Waals surface area contributed by atoms with Gasteiger partial charge in [0.25, 0.3) is 0 Å². The average Bonchev–Trinajstić information content (AvgIpc) is 2.91. The summed E-state index contributed by atoms with van der Waals surface area (Å²) in [4.78, 5) is 36.5. The Balaban J connectivity index is 1.99. The van der Waals surface area contributed by atoms with Crippen LogP contribution in [0.1, 0.15) is 39.3 Å². The first-order chi connectivity index (χ1) is 12.9. The van der Waals surface area contributed by atoms with E-state index in [-0.39, 0.29) is 16.7 Å². The van der Waals surface area contributed by atoms with Crippen LogP contribution in [0.5, 0.6) is 0 Å². The Hall–Kier alpha value is -3.22. The first-order valence-electron chi connectivity index (χ1n) is 8.19. The van der Waals surface area contributed by atoms with Gasteiger partial charge in [0.1, 0.15) is 0 Å². The van der Waals surface area contributed by atoms with Gasteiger partial charge in [-0.05, 0) is 25.1 Å². The lowest BCUT2D eigenvalue weighted by Gasteiger charge is -2.24. The van der Waals surface area contributed by atoms with E-state index in [2.05, 4.69) is 0 Å². The van der Waals surface area contributed by atoms with Gasteiger partial charge in [-0.2, -0.15) is 0 Å². The van der Waals surface area contributed by atoms with Crippen molar-refractivity contribution < 1.29 is 33.0 Å². The molecule has 2 aromatic carbocycles. The molecule has 27 heavy (non-hydrogen) atoms. The summed E-state index contributed by atoms with van der Waals surface area (Å²) in [5, 5.41) is 0. The van der Waals surface area contributed by atoms with Crippen molar-refractivity contribution in [3.63, 3.8) is 0 Å². The van der Waals surface area contributed by atoms with Crippen molar-refractivity contribution in [3.05, 3.63) is 71.3 Å². The predicted molar refractivity (Wildman–Crippen MR) is 91.8 cm³/mol. The first-order valence-corrected chi connectivity index (χ1v) is 8.19. The highest BCUT2D eigenvalue weighted by Gasteiger charge is 2.59. The molecule has 1 aliphatic heterocycles. The molecule has 0 aromatic heterocycles. The van der Waals surface area contributed by atoms with Gasteiger partial charge in [-0.3, -0.25) is 0 Å². The molecule has 0 unspecified atom stereocenters. The van der Waals surface area contributed by atoms with E-state index in [0.29, 0.717) is 0 Å². The van der Waals surface area contributed by atoms with Crippen LogP contribution in [0.2, 0.25) is 0 Å². The Morgan fingerprint density at radius 2 is 1.67 bits per heavy atom. The average molecular weight is 372 g/mol. The number of carbonyl (C=O) groups excluding carboxylic acids is 3. The third-order valence-corrected chi connectivity index (χ3v) is 4.36. The first kappa shape index (κ1) is 18.6. The molecule has 0 amide bonds. The SMILES string of the molecule is COC(=O)c1ccccc1[C@H]1OC(=O)[C@@](C)(F)[C@@H]1OC(=O)c1ccccc1. The summed E-state index contributed by atoms with van der Waals surface area (Å²) >= 11 is 0. The maximum atomic E-state index is 15.0. The summed E-state index contributed by atoms with van der Waals surface area (Å²) in [7, 11) is 1.20. The van der Waals surface area contributed by atoms with Crippen LogP contribution in [0.25, 0.3) is 0 Å². The van der Waals surface area contributed by atoms with E-state index in [9.17, 15) is 14.4 Å². The van der Waals surface area contributed by atoms with Crippen molar-refractivity contribution in [1.29, 1.82) is 0 Å². The lowest BCUT2D eigenvalue weighted by atomic mass is 9.92. The monoisotopic (exact) mass is 372 g/mol. The zero-order chi connectivity index (χ0) is 19.6. The van der Waals surface area contributed by atoms with E-state index in [1.54, 1.807) is 30.3 Å². The molecule has 0 N–H and O–H groups in total. The van der Waals surface area contributed by atoms with E-state index < -0.39 is 35.8 Å². The fourth-order valence-corrected chi connectivity index (χ4v) is 2.89. The molecule has 0 saturated carbocycles. The van der Waals surface area contributed by atoms with Crippen LogP contribution in [0.3, 0.4) is 0 Å². The highest BCUT2D eigenvalue weighted by atomic mass is 19.1. The van der Waals surface area contributed by atoms with Crippen molar-refractivity contribution in [1.82, 2.24) is 0 Å². The van der Waals surface area contributed by atoms with Crippen LogP contribution in [-0.2, 0) is 19.0 Å². The Bertz CT molecular complexity index is 877. The van der Waals surface area contributed by atoms with Gasteiger partial charge in [-0.25, -0.2) is 18.8 Å². The fraction of sp³-hybridized carbons (Fsp3) is 0.250. The minimum Gasteiger partial charge on any atom is -0.465 e. The highest BCUT2D eigenvalue weighted by Crippen LogP contribution is 2.42. The van der Waals surface area contributed by atoms with E-state index in [1.165, 1.54) is 31.4 Å². The van der Waals surface area contributed by atoms with Gasteiger partial charge >= 0.3 is 17.9 Å². The minimum atomic E-state index is -2.57. The van der Waals surface area contributed by atoms with Crippen LogP contribution in [-0.4, -0.2) is 36.8 Å². The van der Waals surface area contributed by atoms with Crippen molar-refractivity contribution >= 4 is 17.9 Å². The van der Waals surface area contributed by atoms with Crippen molar-refractivity contribution in [2.45, 2.75) is 24.8 Å². The third kappa shape index (κ3) is 3.40. The second-order valence-electron chi connectivity index (χ2n) is 6.17. The van der Waals surface area contributed by atoms with Gasteiger partial charge in [-0.1, -0.05) is 36.4 Å². The van der Waals surface area contributed by atoms with Crippen molar-refractivity contribution in [3.8, 4) is 0 Å². The molecule has 3 atom stereocenters. The molecule has 3 rings (SSSR count). The van der Waals surface area contributed by atoms with Crippen molar-refractivity contribution in [2.75, 3.05) is 7.11 Å². The number of carbonyl (C=O) groups is 3. The summed E-state index contributed by atoms with van der Waals surface area (Å²) in [5.74, 6) is -2.65. The van der Waals surface area contributed by atoms with Crippen LogP contribution in [0.4, 0.5) is 4.39 Å². The normalized spacial score (nSPS) is 24.2. The maximum absolute atomic E-state index is 15.0. The van der Waals surface area contributed by atoms with Gasteiger partial charge in [-0.15, -0.1) is 0 Å². The Kier molecular flexibility index (Phi) is 4.94. The fourth-order valence-electron chi connectivity index (χ4n) is 2.89. The summed E-state index contributed by atoms with van der Waals surface area (Å²) < 4.78 is 30.2. The zero-order valence-corrected chi connectivity index (χ0v) is 14.7. The van der Waals surface area contributed by atoms with Gasteiger partial charge in [0.15, 0.2) is 12.2 Å². The molecule has 0 bridgehead atoms. The summed E-state index contributed by atoms with van der Waals surface area (Å²) in [5.41, 5.74) is -2.08. The summed E-state index contributed by atoms with van der Waals surface area (Å²) in [6.07, 6.45) is -2.85. The van der Waals surface area contributed by atoms with Crippen molar-refractivity contribution in [2.24, 2.45) is 0 Å². The molecule has 0 spiro atoms. The second-order valence-corrected chi connectivity index (χ2v) is 6.17. The number of methoxy groups -OCH3 is 1. The second kappa shape index (κ2) is 7.19. The van der Waals surface area contributed by atoms with Gasteiger partial charge in [0.2, 0.25) is 5.67 Å². The quantitative estimate of drug-likeness (QED) is 0.606. The number of hydrogen-bond acceptors (Lipinski definition) is 6. The van der Waals surface area contributed by atoms with Crippen LogP contribution < -0.4 is 0 Å². The molecular weight excluding hydrogens is 355 g/mol. The smallest absolute Gasteiger partial charge is 0.348 e. The number of rotatable bonds is 4. The topological polar surface area (TPSA) is 78.9 Å². The molecule has 1 aliphatic rings. The molecule has 6 nitrogen and oxygen atoms in total. The minimum absolute atomic E-state index is 0.0938. The number of ether oxygens (including phenoxy) is 3. The van der Waals surface area contributed by atoms with Crippen LogP contribution >= 0.6 is 0 Å². The number of cyclic esters (lactones) is 1. The lowest BCUT2D eigenvalue weighted by Crippen LogP contribution is -2.40. The molecular formula is C20H17FO6. The van der Waals surface area contributed by atoms with Crippen LogP contribution in [0.15, 0.2) is 54.6 Å². The molecule has 7 heteroatoms. The molecule has 0 radical (unpaired) electrons. The summed E-state index contributed by atoms with van der Waals surface area (Å²) in [6.45, 7) is 0.985. The highest BCUT2D eigenvalue weighted by molar-refractivity contribution is 5.93. The lowest BCUT2D eigenvalue weighted by molar-refractivity contribution is -0.149. The largest absolute Gasteiger partial charge is 0.465 e. The number of benzene rings is 2. The predicted octanol–water partition coefficient (Wildman–Crippen LogP) is 3.02. The van der Waals surface area contributed by atoms with Gasteiger partial charge in [0.05, 0.1) is 18.2 Å².